The van der Waals surface area contributed by atoms with Gasteiger partial charge in [0, 0.05) is 28.0 Å². The van der Waals surface area contributed by atoms with Gasteiger partial charge in [-0.15, -0.1) is 0 Å². The Kier molecular flexibility index (Phi) is 5.77. The molecule has 0 aliphatic heterocycles. The van der Waals surface area contributed by atoms with Crippen LogP contribution in [0.5, 0.6) is 5.75 Å². The second-order valence-electron chi connectivity index (χ2n) is 9.38. The Morgan fingerprint density at radius 3 is 2.40 bits per heavy atom. The Morgan fingerprint density at radius 1 is 1.20 bits per heavy atom. The van der Waals surface area contributed by atoms with Crippen LogP contribution < -0.4 is 5.32 Å². The number of carbonyl (C=O) groups excluding carboxylic acids is 3. The first-order valence-corrected chi connectivity index (χ1v) is 11.1. The lowest BCUT2D eigenvalue weighted by atomic mass is 9.54. The number of hydrogen-bond acceptors (Lipinski definition) is 10. The van der Waals surface area contributed by atoms with Gasteiger partial charge in [0.2, 0.25) is 5.78 Å². The Balaban J connectivity index is 2.04. The SMILES string of the molecule is CN(C)[C@H]1C(=O)C(C(=O)NCO)=C(O)[C@]2(O)C(=O)C3=C(O)c4c(O)ccc(Cl)c4[C@](C)(O)[C@@H]3C[C@H]12. The summed E-state index contributed by atoms with van der Waals surface area (Å²) in [5, 5.41) is 66.7. The molecule has 1 amide bonds. The van der Waals surface area contributed by atoms with Crippen LogP contribution in [-0.4, -0.2) is 85.5 Å². The number of ketones is 2. The summed E-state index contributed by atoms with van der Waals surface area (Å²) in [4.78, 5) is 41.0. The minimum atomic E-state index is -2.83. The van der Waals surface area contributed by atoms with Crippen molar-refractivity contribution in [1.29, 1.82) is 0 Å². The molecule has 1 saturated carbocycles. The summed E-state index contributed by atoms with van der Waals surface area (Å²) in [5.74, 6) is -8.33. The predicted molar refractivity (Wildman–Crippen MR) is 121 cm³/mol. The third-order valence-corrected chi connectivity index (χ3v) is 7.61. The van der Waals surface area contributed by atoms with E-state index in [4.69, 9.17) is 16.7 Å². The van der Waals surface area contributed by atoms with Crippen molar-refractivity contribution >= 4 is 34.8 Å². The van der Waals surface area contributed by atoms with Gasteiger partial charge < -0.3 is 36.0 Å². The van der Waals surface area contributed by atoms with E-state index in [9.17, 15) is 39.9 Å². The monoisotopic (exact) mass is 508 g/mol. The molecule has 0 bridgehead atoms. The van der Waals surface area contributed by atoms with Crippen LogP contribution in [0.2, 0.25) is 5.02 Å². The van der Waals surface area contributed by atoms with E-state index in [0.717, 1.165) is 6.07 Å². The molecule has 0 heterocycles. The third kappa shape index (κ3) is 3.16. The highest BCUT2D eigenvalue weighted by atomic mass is 35.5. The van der Waals surface area contributed by atoms with Crippen molar-refractivity contribution in [2.75, 3.05) is 20.8 Å². The molecule has 7 N–H and O–H groups in total. The summed E-state index contributed by atoms with van der Waals surface area (Å²) in [5.41, 5.74) is -6.49. The number of carbonyl (C=O) groups is 3. The number of fused-ring (bicyclic) bond motifs is 3. The highest BCUT2D eigenvalue weighted by Gasteiger charge is 2.66. The molecule has 35 heavy (non-hydrogen) atoms. The zero-order chi connectivity index (χ0) is 26.2. The molecule has 4 rings (SSSR count). The molecule has 0 aromatic heterocycles. The van der Waals surface area contributed by atoms with Gasteiger partial charge in [0.15, 0.2) is 11.4 Å². The van der Waals surface area contributed by atoms with Gasteiger partial charge in [-0.3, -0.25) is 19.3 Å². The summed E-state index contributed by atoms with van der Waals surface area (Å²) < 4.78 is 0. The van der Waals surface area contributed by atoms with Gasteiger partial charge in [-0.25, -0.2) is 0 Å². The molecule has 1 fully saturated rings. The van der Waals surface area contributed by atoms with Crippen molar-refractivity contribution in [3.8, 4) is 5.75 Å². The summed E-state index contributed by atoms with van der Waals surface area (Å²) >= 11 is 6.29. The summed E-state index contributed by atoms with van der Waals surface area (Å²) in [6, 6.07) is 1.19. The number of rotatable bonds is 3. The van der Waals surface area contributed by atoms with Crippen LogP contribution >= 0.6 is 11.6 Å². The summed E-state index contributed by atoms with van der Waals surface area (Å²) in [6.45, 7) is 0.454. The minimum absolute atomic E-state index is 0.0104. The zero-order valence-corrected chi connectivity index (χ0v) is 19.8. The Morgan fingerprint density at radius 2 is 1.83 bits per heavy atom. The maximum absolute atomic E-state index is 13.8. The molecule has 0 saturated heterocycles. The second-order valence-corrected chi connectivity index (χ2v) is 9.78. The van der Waals surface area contributed by atoms with Crippen molar-refractivity contribution in [2.45, 2.75) is 30.6 Å². The molecule has 0 spiro atoms. The Bertz CT molecular complexity index is 1240. The largest absolute Gasteiger partial charge is 0.508 e. The number of aliphatic hydroxyl groups excluding tert-OH is 3. The number of hydrogen-bond donors (Lipinski definition) is 7. The van der Waals surface area contributed by atoms with E-state index in [1.807, 2.05) is 5.32 Å². The minimum Gasteiger partial charge on any atom is -0.508 e. The maximum atomic E-state index is 13.8. The highest BCUT2D eigenvalue weighted by molar-refractivity contribution is 6.32. The third-order valence-electron chi connectivity index (χ3n) is 7.29. The second kappa shape index (κ2) is 8.04. The Labute approximate surface area is 204 Å². The first-order valence-electron chi connectivity index (χ1n) is 10.7. The molecule has 11 nitrogen and oxygen atoms in total. The van der Waals surface area contributed by atoms with Gasteiger partial charge in [-0.05, 0) is 39.6 Å². The number of benzene rings is 1. The van der Waals surface area contributed by atoms with Crippen LogP contribution in [0.25, 0.3) is 5.76 Å². The van der Waals surface area contributed by atoms with Gasteiger partial charge in [0.25, 0.3) is 5.91 Å². The first kappa shape index (κ1) is 25.1. The van der Waals surface area contributed by atoms with E-state index in [0.29, 0.717) is 0 Å². The van der Waals surface area contributed by atoms with Gasteiger partial charge in [-0.1, -0.05) is 11.6 Å². The standard InChI is InChI=1S/C23H25ClN2O9/c1-22(34)8-6-9-16(26(2)3)18(30)14(21(33)25-7-27)20(32)23(9,35)19(31)12(8)17(29)13-11(28)5-4-10(24)15(13)22/h4-5,8-9,16,27-29,32,34-35H,6-7H2,1-3H3,(H,25,33)/t8-,9-,16-,22-,23-/m1/s1. The lowest BCUT2D eigenvalue weighted by molar-refractivity contribution is -0.159. The fraction of sp³-hybridized carbons (Fsp3) is 0.435. The number of phenols is 1. The highest BCUT2D eigenvalue weighted by Crippen LogP contribution is 2.58. The number of nitrogens with zero attached hydrogens (tertiary/aromatic N) is 1. The van der Waals surface area contributed by atoms with Crippen LogP contribution in [0, 0.1) is 11.8 Å². The number of Topliss-reactive ketones (excluding diaryl/α,β-unsaturated/α-hetero) is 2. The summed E-state index contributed by atoms with van der Waals surface area (Å²) in [7, 11) is 2.95. The van der Waals surface area contributed by atoms with E-state index < -0.39 is 81.7 Å². The number of aliphatic hydroxyl groups is 5. The van der Waals surface area contributed by atoms with Crippen LogP contribution in [0.15, 0.2) is 29.0 Å². The van der Waals surface area contributed by atoms with Crippen LogP contribution in [0.3, 0.4) is 0 Å². The molecule has 5 atom stereocenters. The number of nitrogens with one attached hydrogen (secondary N) is 1. The smallest absolute Gasteiger partial charge is 0.260 e. The predicted octanol–water partition coefficient (Wildman–Crippen LogP) is -0.137. The number of likely N-dealkylation sites (N-methyl/N-ethyl adjacent to an activating group) is 1. The van der Waals surface area contributed by atoms with Crippen LogP contribution in [0.4, 0.5) is 0 Å². The molecule has 3 aliphatic rings. The lowest BCUT2D eigenvalue weighted by Crippen LogP contribution is -2.67. The van der Waals surface area contributed by atoms with Crippen molar-refractivity contribution in [1.82, 2.24) is 10.2 Å². The van der Waals surface area contributed by atoms with Gasteiger partial charge in [0.1, 0.15) is 29.6 Å². The molecule has 3 aliphatic carbocycles. The average molecular weight is 509 g/mol. The van der Waals surface area contributed by atoms with E-state index in [1.165, 1.54) is 32.0 Å². The molecule has 12 heteroatoms. The molecule has 1 aromatic carbocycles. The maximum Gasteiger partial charge on any atom is 0.260 e. The van der Waals surface area contributed by atoms with Crippen molar-refractivity contribution < 1.29 is 45.0 Å². The van der Waals surface area contributed by atoms with Gasteiger partial charge in [-0.2, -0.15) is 0 Å². The van der Waals surface area contributed by atoms with E-state index in [2.05, 4.69) is 0 Å². The van der Waals surface area contributed by atoms with E-state index >= 15 is 0 Å². The van der Waals surface area contributed by atoms with E-state index in [1.54, 1.807) is 0 Å². The molecular formula is C23H25ClN2O9. The van der Waals surface area contributed by atoms with Crippen molar-refractivity contribution in [2.24, 2.45) is 11.8 Å². The lowest BCUT2D eigenvalue weighted by Gasteiger charge is -2.53. The quantitative estimate of drug-likeness (QED) is 0.214. The fourth-order valence-corrected chi connectivity index (χ4v) is 6.07. The van der Waals surface area contributed by atoms with E-state index in [-0.39, 0.29) is 22.6 Å². The summed E-state index contributed by atoms with van der Waals surface area (Å²) in [6.07, 6.45) is -0.284. The molecule has 188 valence electrons. The van der Waals surface area contributed by atoms with Gasteiger partial charge in [0.05, 0.1) is 17.2 Å². The Hall–Kier alpha value is -2.96. The molecule has 1 aromatic rings. The fourth-order valence-electron chi connectivity index (χ4n) is 5.72. The van der Waals surface area contributed by atoms with Crippen molar-refractivity contribution in [3.05, 3.63) is 45.2 Å². The number of phenolic OH excluding ortho intramolecular Hbond substituents is 1. The van der Waals surface area contributed by atoms with Crippen LogP contribution in [-0.2, 0) is 20.0 Å². The molecular weight excluding hydrogens is 484 g/mol. The molecule has 0 unspecified atom stereocenters. The zero-order valence-electron chi connectivity index (χ0n) is 19.0. The number of amides is 1. The number of aromatic hydroxyl groups is 1. The average Bonchev–Trinajstić information content (AvgIpc) is 2.76. The normalized spacial score (nSPS) is 32.4. The van der Waals surface area contributed by atoms with Crippen LogP contribution in [0.1, 0.15) is 24.5 Å². The van der Waals surface area contributed by atoms with Crippen molar-refractivity contribution in [3.63, 3.8) is 0 Å². The topological polar surface area (TPSA) is 188 Å². The molecule has 0 radical (unpaired) electrons. The first-order chi connectivity index (χ1) is 16.2. The number of halogens is 1. The van der Waals surface area contributed by atoms with Gasteiger partial charge >= 0.3 is 0 Å².